The molecule has 0 saturated heterocycles. The molecule has 0 fully saturated rings. The highest BCUT2D eigenvalue weighted by Gasteiger charge is 2.17. The van der Waals surface area contributed by atoms with Crippen molar-refractivity contribution in [3.8, 4) is 5.75 Å². The number of methoxy groups -OCH3 is 1. The van der Waals surface area contributed by atoms with Gasteiger partial charge in [-0.15, -0.1) is 0 Å². The van der Waals surface area contributed by atoms with Gasteiger partial charge in [0.15, 0.2) is 0 Å². The van der Waals surface area contributed by atoms with Crippen LogP contribution in [0.15, 0.2) is 54.6 Å². The molecule has 0 spiro atoms. The molecule has 0 heterocycles. The molecule has 0 aliphatic carbocycles. The zero-order valence-corrected chi connectivity index (χ0v) is 10.7. The van der Waals surface area contributed by atoms with Crippen molar-refractivity contribution in [1.29, 1.82) is 0 Å². The Bertz CT molecular complexity index is 476. The van der Waals surface area contributed by atoms with Crippen molar-refractivity contribution in [2.45, 2.75) is 18.9 Å². The van der Waals surface area contributed by atoms with Gasteiger partial charge in [-0.25, -0.2) is 0 Å². The molecule has 0 bridgehead atoms. The van der Waals surface area contributed by atoms with Crippen molar-refractivity contribution >= 4 is 0 Å². The molecule has 2 aromatic carbocycles. The summed E-state index contributed by atoms with van der Waals surface area (Å²) in [5.74, 6) is 0.887. The van der Waals surface area contributed by atoms with E-state index in [0.29, 0.717) is 0 Å². The monoisotopic (exact) mass is 242 g/mol. The van der Waals surface area contributed by atoms with Crippen molar-refractivity contribution < 1.29 is 9.84 Å². The highest BCUT2D eigenvalue weighted by molar-refractivity contribution is 5.31. The first-order valence-electron chi connectivity index (χ1n) is 6.09. The SMILES string of the molecule is COc1ccc([C@H](C)[C@H](O)c2ccccc2)cc1. The van der Waals surface area contributed by atoms with Crippen molar-refractivity contribution in [2.75, 3.05) is 7.11 Å². The summed E-state index contributed by atoms with van der Waals surface area (Å²) in [5.41, 5.74) is 2.05. The minimum absolute atomic E-state index is 0.0540. The van der Waals surface area contributed by atoms with Crippen molar-refractivity contribution in [3.05, 3.63) is 65.7 Å². The van der Waals surface area contributed by atoms with Gasteiger partial charge in [0, 0.05) is 5.92 Å². The van der Waals surface area contributed by atoms with Gasteiger partial charge in [0.25, 0.3) is 0 Å². The van der Waals surface area contributed by atoms with Gasteiger partial charge in [0.1, 0.15) is 5.75 Å². The summed E-state index contributed by atoms with van der Waals surface area (Å²) in [6.45, 7) is 2.03. The van der Waals surface area contributed by atoms with Crippen LogP contribution in [0.3, 0.4) is 0 Å². The molecule has 0 aromatic heterocycles. The molecule has 2 rings (SSSR count). The lowest BCUT2D eigenvalue weighted by atomic mass is 9.91. The number of hydrogen-bond acceptors (Lipinski definition) is 2. The minimum atomic E-state index is -0.486. The summed E-state index contributed by atoms with van der Waals surface area (Å²) in [6.07, 6.45) is -0.486. The van der Waals surface area contributed by atoms with Crippen LogP contribution in [-0.2, 0) is 0 Å². The van der Waals surface area contributed by atoms with Crippen LogP contribution < -0.4 is 4.74 Å². The molecule has 2 aromatic rings. The molecule has 18 heavy (non-hydrogen) atoms. The van der Waals surface area contributed by atoms with Crippen molar-refractivity contribution in [3.63, 3.8) is 0 Å². The van der Waals surface area contributed by atoms with E-state index in [9.17, 15) is 5.11 Å². The largest absolute Gasteiger partial charge is 0.497 e. The third-order valence-corrected chi connectivity index (χ3v) is 3.26. The summed E-state index contributed by atoms with van der Waals surface area (Å²) in [5, 5.41) is 10.3. The number of ether oxygens (including phenoxy) is 1. The Labute approximate surface area is 108 Å². The lowest BCUT2D eigenvalue weighted by Gasteiger charge is -2.19. The van der Waals surface area contributed by atoms with Gasteiger partial charge in [-0.2, -0.15) is 0 Å². The molecule has 2 atom stereocenters. The Morgan fingerprint density at radius 3 is 2.06 bits per heavy atom. The van der Waals surface area contributed by atoms with Gasteiger partial charge in [-0.1, -0.05) is 49.4 Å². The Balaban J connectivity index is 2.17. The van der Waals surface area contributed by atoms with Crippen LogP contribution in [0.4, 0.5) is 0 Å². The van der Waals surface area contributed by atoms with Gasteiger partial charge >= 0.3 is 0 Å². The molecule has 94 valence electrons. The summed E-state index contributed by atoms with van der Waals surface area (Å²) >= 11 is 0. The van der Waals surface area contributed by atoms with E-state index in [2.05, 4.69) is 0 Å². The lowest BCUT2D eigenvalue weighted by Crippen LogP contribution is -2.07. The van der Waals surface area contributed by atoms with E-state index in [-0.39, 0.29) is 5.92 Å². The highest BCUT2D eigenvalue weighted by atomic mass is 16.5. The van der Waals surface area contributed by atoms with Crippen LogP contribution in [0.25, 0.3) is 0 Å². The topological polar surface area (TPSA) is 29.5 Å². The summed E-state index contributed by atoms with van der Waals surface area (Å²) in [7, 11) is 1.65. The summed E-state index contributed by atoms with van der Waals surface area (Å²) in [4.78, 5) is 0. The molecule has 2 heteroatoms. The Hall–Kier alpha value is -1.80. The first-order chi connectivity index (χ1) is 8.72. The van der Waals surface area contributed by atoms with E-state index in [1.54, 1.807) is 7.11 Å². The number of rotatable bonds is 4. The molecule has 1 N–H and O–H groups in total. The molecule has 0 aliphatic heterocycles. The molecule has 0 amide bonds. The van der Waals surface area contributed by atoms with Gasteiger partial charge in [0.05, 0.1) is 13.2 Å². The molecule has 2 nitrogen and oxygen atoms in total. The number of aliphatic hydroxyl groups excluding tert-OH is 1. The van der Waals surface area contributed by atoms with Crippen LogP contribution in [0, 0.1) is 0 Å². The van der Waals surface area contributed by atoms with Gasteiger partial charge in [-0.05, 0) is 23.3 Å². The maximum absolute atomic E-state index is 10.3. The van der Waals surface area contributed by atoms with Gasteiger partial charge in [0.2, 0.25) is 0 Å². The maximum Gasteiger partial charge on any atom is 0.118 e. The third-order valence-electron chi connectivity index (χ3n) is 3.26. The normalized spacial score (nSPS) is 13.9. The average molecular weight is 242 g/mol. The first kappa shape index (κ1) is 12.7. The first-order valence-corrected chi connectivity index (χ1v) is 6.09. The highest BCUT2D eigenvalue weighted by Crippen LogP contribution is 2.31. The molecular formula is C16H18O2. The van der Waals surface area contributed by atoms with E-state index in [1.165, 1.54) is 0 Å². The molecule has 0 radical (unpaired) electrons. The zero-order chi connectivity index (χ0) is 13.0. The Kier molecular flexibility index (Phi) is 4.00. The van der Waals surface area contributed by atoms with E-state index in [0.717, 1.165) is 16.9 Å². The van der Waals surface area contributed by atoms with Crippen molar-refractivity contribution in [1.82, 2.24) is 0 Å². The van der Waals surface area contributed by atoms with Crippen LogP contribution in [-0.4, -0.2) is 12.2 Å². The van der Waals surface area contributed by atoms with Crippen LogP contribution in [0.1, 0.15) is 30.1 Å². The second-order valence-electron chi connectivity index (χ2n) is 4.42. The van der Waals surface area contributed by atoms with E-state index >= 15 is 0 Å². The smallest absolute Gasteiger partial charge is 0.118 e. The average Bonchev–Trinajstić information content (AvgIpc) is 2.47. The standard InChI is InChI=1S/C16H18O2/c1-12(13-8-10-15(18-2)11-9-13)16(17)14-6-4-3-5-7-14/h3-12,16-17H,1-2H3/t12-,16-/m0/s1. The molecule has 0 unspecified atom stereocenters. The fourth-order valence-corrected chi connectivity index (χ4v) is 2.03. The minimum Gasteiger partial charge on any atom is -0.497 e. The number of hydrogen-bond donors (Lipinski definition) is 1. The van der Waals surface area contributed by atoms with Crippen molar-refractivity contribution in [2.24, 2.45) is 0 Å². The fourth-order valence-electron chi connectivity index (χ4n) is 2.03. The predicted octanol–water partition coefficient (Wildman–Crippen LogP) is 3.53. The Morgan fingerprint density at radius 2 is 1.50 bits per heavy atom. The Morgan fingerprint density at radius 1 is 0.889 bits per heavy atom. The second kappa shape index (κ2) is 5.69. The van der Waals surface area contributed by atoms with Crippen LogP contribution >= 0.6 is 0 Å². The van der Waals surface area contributed by atoms with Gasteiger partial charge in [-0.3, -0.25) is 0 Å². The molecular weight excluding hydrogens is 224 g/mol. The number of benzene rings is 2. The summed E-state index contributed by atoms with van der Waals surface area (Å²) in [6, 6.07) is 17.6. The quantitative estimate of drug-likeness (QED) is 0.888. The van der Waals surface area contributed by atoms with E-state index in [1.807, 2.05) is 61.5 Å². The maximum atomic E-state index is 10.3. The lowest BCUT2D eigenvalue weighted by molar-refractivity contribution is 0.151. The number of aliphatic hydroxyl groups is 1. The van der Waals surface area contributed by atoms with E-state index in [4.69, 9.17) is 4.74 Å². The second-order valence-corrected chi connectivity index (χ2v) is 4.42. The van der Waals surface area contributed by atoms with Gasteiger partial charge < -0.3 is 9.84 Å². The van der Waals surface area contributed by atoms with E-state index < -0.39 is 6.10 Å². The van der Waals surface area contributed by atoms with Crippen LogP contribution in [0.2, 0.25) is 0 Å². The molecule has 0 saturated carbocycles. The van der Waals surface area contributed by atoms with Crippen LogP contribution in [0.5, 0.6) is 5.75 Å². The molecule has 0 aliphatic rings. The zero-order valence-electron chi connectivity index (χ0n) is 10.7. The third kappa shape index (κ3) is 2.71. The fraction of sp³-hybridized carbons (Fsp3) is 0.250. The predicted molar refractivity (Wildman–Crippen MR) is 72.8 cm³/mol. The summed E-state index contributed by atoms with van der Waals surface area (Å²) < 4.78 is 5.13.